The molecule has 10 heteroatoms. The maximum atomic E-state index is 14.8. The van der Waals surface area contributed by atoms with E-state index in [9.17, 15) is 24.0 Å². The second kappa shape index (κ2) is 11.1. The number of benzene rings is 1. The molecule has 5 N–H and O–H groups in total. The zero-order chi connectivity index (χ0) is 32.8. The molecule has 5 amide bonds. The fourth-order valence-electron chi connectivity index (χ4n) is 11.2. The van der Waals surface area contributed by atoms with Crippen molar-refractivity contribution in [3.8, 4) is 0 Å². The summed E-state index contributed by atoms with van der Waals surface area (Å²) in [7, 11) is 0. The lowest BCUT2D eigenvalue weighted by Crippen LogP contribution is -2.64. The molecule has 47 heavy (non-hydrogen) atoms. The van der Waals surface area contributed by atoms with Crippen LogP contribution in [0.25, 0.3) is 0 Å². The predicted molar refractivity (Wildman–Crippen MR) is 173 cm³/mol. The second-order valence-electron chi connectivity index (χ2n) is 17.1. The van der Waals surface area contributed by atoms with E-state index in [4.69, 9.17) is 5.73 Å². The topological polar surface area (TPSA) is 151 Å². The summed E-state index contributed by atoms with van der Waals surface area (Å²) in [6.45, 7) is 4.64. The van der Waals surface area contributed by atoms with Crippen LogP contribution >= 0.6 is 0 Å². The summed E-state index contributed by atoms with van der Waals surface area (Å²) >= 11 is 0. The Labute approximate surface area is 276 Å². The first-order valence-electron chi connectivity index (χ1n) is 18.0. The van der Waals surface area contributed by atoms with Gasteiger partial charge in [0.2, 0.25) is 17.6 Å². The molecule has 7 aliphatic carbocycles. The van der Waals surface area contributed by atoms with Gasteiger partial charge in [-0.3, -0.25) is 19.2 Å². The first-order chi connectivity index (χ1) is 22.4. The summed E-state index contributed by atoms with van der Waals surface area (Å²) in [6.07, 6.45) is 10.5. The number of likely N-dealkylation sites (tertiary alicyclic amines) is 1. The summed E-state index contributed by atoms with van der Waals surface area (Å²) in [4.78, 5) is 69.0. The van der Waals surface area contributed by atoms with Crippen LogP contribution in [-0.4, -0.2) is 64.6 Å². The number of hydrogen-bond acceptors (Lipinski definition) is 5. The van der Waals surface area contributed by atoms with Gasteiger partial charge in [-0.05, 0) is 116 Å². The van der Waals surface area contributed by atoms with Crippen LogP contribution < -0.4 is 21.7 Å². The lowest BCUT2D eigenvalue weighted by molar-refractivity contribution is -0.144. The second-order valence-corrected chi connectivity index (χ2v) is 17.1. The SMILES string of the molecule is CC1(C)[C@H]2[C@@H](C(=O)NC(CC3CC3)C(=O)C(N)=O)N(C(=O)[C@@H](NC(=O)NC34CC5CC(CC(C5)C3)C4)C3Cc4ccccc4C3)C[C@H]21. The van der Waals surface area contributed by atoms with Crippen molar-refractivity contribution < 1.29 is 24.0 Å². The molecule has 252 valence electrons. The number of primary amides is 1. The number of carbonyl (C=O) groups is 5. The Morgan fingerprint density at radius 2 is 1.51 bits per heavy atom. The normalized spacial score (nSPS) is 35.4. The van der Waals surface area contributed by atoms with Crippen molar-refractivity contribution in [3.63, 3.8) is 0 Å². The third-order valence-corrected chi connectivity index (χ3v) is 13.4. The quantitative estimate of drug-likeness (QED) is 0.289. The van der Waals surface area contributed by atoms with Gasteiger partial charge in [-0.15, -0.1) is 0 Å². The van der Waals surface area contributed by atoms with Gasteiger partial charge in [0.1, 0.15) is 12.1 Å². The summed E-state index contributed by atoms with van der Waals surface area (Å²) in [6, 6.07) is 5.32. The van der Waals surface area contributed by atoms with Gasteiger partial charge in [0.25, 0.3) is 5.91 Å². The fraction of sp³-hybridized carbons (Fsp3) is 0.703. The molecule has 4 bridgehead atoms. The Bertz CT molecular complexity index is 1460. The van der Waals surface area contributed by atoms with Gasteiger partial charge in [0, 0.05) is 12.1 Å². The Morgan fingerprint density at radius 1 is 0.915 bits per heavy atom. The average Bonchev–Trinajstić information content (AvgIpc) is 3.76. The molecular formula is C37H49N5O5. The summed E-state index contributed by atoms with van der Waals surface area (Å²) in [5.74, 6) is -0.290. The number of Topliss-reactive ketones (excluding diaryl/α,β-unsaturated/α-hetero) is 1. The number of fused-ring (bicyclic) bond motifs is 2. The van der Waals surface area contributed by atoms with Gasteiger partial charge in [0.05, 0.1) is 6.04 Å². The molecule has 10 nitrogen and oxygen atoms in total. The molecule has 5 atom stereocenters. The van der Waals surface area contributed by atoms with Gasteiger partial charge in [-0.1, -0.05) is 51.0 Å². The number of hydrogen-bond donors (Lipinski definition) is 4. The van der Waals surface area contributed by atoms with E-state index in [1.807, 2.05) is 12.1 Å². The molecule has 1 aromatic carbocycles. The largest absolute Gasteiger partial charge is 0.363 e. The molecule has 8 aliphatic rings. The van der Waals surface area contributed by atoms with E-state index in [-0.39, 0.29) is 46.6 Å². The van der Waals surface area contributed by atoms with Crippen LogP contribution in [0.2, 0.25) is 0 Å². The van der Waals surface area contributed by atoms with Crippen LogP contribution in [0.5, 0.6) is 0 Å². The monoisotopic (exact) mass is 643 g/mol. The molecule has 1 aliphatic heterocycles. The highest BCUT2D eigenvalue weighted by Crippen LogP contribution is 2.65. The lowest BCUT2D eigenvalue weighted by Gasteiger charge is -2.56. The Balaban J connectivity index is 1.04. The van der Waals surface area contributed by atoms with Crippen molar-refractivity contribution in [3.05, 3.63) is 35.4 Å². The van der Waals surface area contributed by atoms with E-state index in [1.165, 1.54) is 30.4 Å². The van der Waals surface area contributed by atoms with E-state index in [2.05, 4.69) is 41.9 Å². The first-order valence-corrected chi connectivity index (χ1v) is 18.0. The lowest BCUT2D eigenvalue weighted by atomic mass is 9.53. The van der Waals surface area contributed by atoms with E-state index in [0.717, 1.165) is 32.1 Å². The molecule has 1 heterocycles. The third kappa shape index (κ3) is 5.53. The zero-order valence-corrected chi connectivity index (χ0v) is 27.6. The van der Waals surface area contributed by atoms with E-state index in [1.54, 1.807) is 4.90 Å². The minimum absolute atomic E-state index is 0.0704. The van der Waals surface area contributed by atoms with Crippen LogP contribution in [0.15, 0.2) is 24.3 Å². The molecule has 9 rings (SSSR count). The Hall–Kier alpha value is -3.43. The summed E-state index contributed by atoms with van der Waals surface area (Å²) in [5.41, 5.74) is 7.40. The first kappa shape index (κ1) is 30.9. The molecule has 6 saturated carbocycles. The maximum absolute atomic E-state index is 14.8. The van der Waals surface area contributed by atoms with Crippen molar-refractivity contribution in [1.82, 2.24) is 20.9 Å². The number of rotatable bonds is 10. The van der Waals surface area contributed by atoms with Crippen molar-refractivity contribution >= 4 is 29.5 Å². The van der Waals surface area contributed by atoms with Crippen molar-refractivity contribution in [2.45, 2.75) is 108 Å². The Kier molecular flexibility index (Phi) is 7.26. The van der Waals surface area contributed by atoms with E-state index < -0.39 is 35.7 Å². The number of nitrogens with two attached hydrogens (primary N) is 1. The van der Waals surface area contributed by atoms with Gasteiger partial charge in [-0.2, -0.15) is 0 Å². The van der Waals surface area contributed by atoms with Gasteiger partial charge in [-0.25, -0.2) is 4.79 Å². The van der Waals surface area contributed by atoms with Crippen molar-refractivity contribution in [2.75, 3.05) is 6.54 Å². The standard InChI is InChI=1S/C37H49N5O5/c1-36(2)26-18-42(30(28(26)36)33(45)39-27(12-19-7-8-19)31(43)32(38)44)34(46)29(25-13-23-5-3-4-6-24(23)14-25)40-35(47)41-37-15-20-9-21(16-37)11-22(10-20)17-37/h3-6,19-22,25-30H,7-18H2,1-2H3,(H2,38,44)(H,39,45)(H2,40,41,47)/t20?,21?,22?,26-,27?,28-,29+,30+,37?/m1/s1. The highest BCUT2D eigenvalue weighted by atomic mass is 16.2. The fourth-order valence-corrected chi connectivity index (χ4v) is 11.2. The highest BCUT2D eigenvalue weighted by molar-refractivity contribution is 6.37. The van der Waals surface area contributed by atoms with E-state index in [0.29, 0.717) is 43.6 Å². The number of ketones is 1. The van der Waals surface area contributed by atoms with Crippen LogP contribution in [0.4, 0.5) is 4.79 Å². The van der Waals surface area contributed by atoms with Gasteiger partial charge >= 0.3 is 6.03 Å². The molecule has 7 fully saturated rings. The highest BCUT2D eigenvalue weighted by Gasteiger charge is 2.70. The van der Waals surface area contributed by atoms with E-state index >= 15 is 0 Å². The van der Waals surface area contributed by atoms with Crippen LogP contribution in [-0.2, 0) is 32.0 Å². The Morgan fingerprint density at radius 3 is 2.06 bits per heavy atom. The maximum Gasteiger partial charge on any atom is 0.315 e. The molecule has 0 radical (unpaired) electrons. The van der Waals surface area contributed by atoms with Gasteiger partial charge in [0.15, 0.2) is 0 Å². The minimum atomic E-state index is -1.06. The predicted octanol–water partition coefficient (Wildman–Crippen LogP) is 2.86. The number of piperidine rings is 1. The summed E-state index contributed by atoms with van der Waals surface area (Å²) < 4.78 is 0. The van der Waals surface area contributed by atoms with Crippen LogP contribution in [0.3, 0.4) is 0 Å². The molecule has 0 aromatic heterocycles. The number of urea groups is 1. The summed E-state index contributed by atoms with van der Waals surface area (Å²) in [5, 5.41) is 9.43. The molecule has 0 spiro atoms. The molecular weight excluding hydrogens is 594 g/mol. The van der Waals surface area contributed by atoms with Crippen molar-refractivity contribution in [2.24, 2.45) is 52.6 Å². The molecule has 1 aromatic rings. The number of amides is 5. The number of nitrogens with zero attached hydrogens (tertiary/aromatic N) is 1. The molecule has 1 unspecified atom stereocenters. The third-order valence-electron chi connectivity index (χ3n) is 13.4. The van der Waals surface area contributed by atoms with Crippen LogP contribution in [0.1, 0.15) is 82.8 Å². The number of nitrogens with one attached hydrogen (secondary N) is 3. The van der Waals surface area contributed by atoms with Gasteiger partial charge < -0.3 is 26.6 Å². The average molecular weight is 644 g/mol. The molecule has 1 saturated heterocycles. The number of carbonyl (C=O) groups excluding carboxylic acids is 5. The van der Waals surface area contributed by atoms with Crippen molar-refractivity contribution in [1.29, 1.82) is 0 Å². The van der Waals surface area contributed by atoms with Crippen LogP contribution in [0, 0.1) is 46.8 Å². The minimum Gasteiger partial charge on any atom is -0.363 e. The zero-order valence-electron chi connectivity index (χ0n) is 27.6. The smallest absolute Gasteiger partial charge is 0.315 e.